The predicted molar refractivity (Wildman–Crippen MR) is 88.1 cm³/mol. The van der Waals surface area contributed by atoms with Crippen LogP contribution in [0.5, 0.6) is 0 Å². The number of carbonyl (C=O) groups is 1. The lowest BCUT2D eigenvalue weighted by Gasteiger charge is -2.02. The van der Waals surface area contributed by atoms with Crippen molar-refractivity contribution in [1.29, 1.82) is 0 Å². The Morgan fingerprint density at radius 3 is 1.95 bits per heavy atom. The summed E-state index contributed by atoms with van der Waals surface area (Å²) in [5, 5.41) is 2.64. The number of amides is 1. The normalized spacial score (nSPS) is 9.00. The number of hydrogen-bond donors (Lipinski definition) is 1. The zero-order chi connectivity index (χ0) is 16.8. The lowest BCUT2D eigenvalue weighted by atomic mass is 10.1. The average Bonchev–Trinajstić information content (AvgIpc) is 2.49. The van der Waals surface area contributed by atoms with Crippen molar-refractivity contribution < 1.29 is 14.4 Å². The van der Waals surface area contributed by atoms with E-state index in [9.17, 15) is 4.79 Å². The van der Waals surface area contributed by atoms with Crippen molar-refractivity contribution in [2.75, 3.05) is 7.11 Å². The van der Waals surface area contributed by atoms with E-state index in [1.165, 1.54) is 11.6 Å². The Morgan fingerprint density at radius 2 is 1.71 bits per heavy atom. The summed E-state index contributed by atoms with van der Waals surface area (Å²) in [7, 11) is 1.65. The molecule has 21 heavy (non-hydrogen) atoms. The summed E-state index contributed by atoms with van der Waals surface area (Å²) < 4.78 is 1.67. The smallest absolute Gasteiger partial charge is 0.243 e. The molecule has 0 aliphatic rings. The first-order chi connectivity index (χ1) is 9.90. The molecule has 0 radical (unpaired) electrons. The molecule has 1 aromatic rings. The number of hydrogen-bond acceptors (Lipinski definition) is 2. The molecule has 120 valence electrons. The number of nitrogens with zero attached hydrogens (tertiary/aromatic N) is 1. The van der Waals surface area contributed by atoms with Crippen LogP contribution in [-0.2, 0) is 4.79 Å². The minimum atomic E-state index is -0.111. The maximum Gasteiger partial charge on any atom is 0.243 e. The molecule has 0 fully saturated rings. The van der Waals surface area contributed by atoms with Crippen molar-refractivity contribution >= 4 is 5.91 Å². The van der Waals surface area contributed by atoms with Crippen molar-refractivity contribution in [2.24, 2.45) is 0 Å². The third-order valence-electron chi connectivity index (χ3n) is 2.32. The van der Waals surface area contributed by atoms with Crippen molar-refractivity contribution in [3.8, 4) is 0 Å². The second-order valence-electron chi connectivity index (χ2n) is 4.70. The van der Waals surface area contributed by atoms with Crippen LogP contribution in [0.1, 0.15) is 53.0 Å². The number of nitrogens with one attached hydrogen (secondary N) is 1. The van der Waals surface area contributed by atoms with Gasteiger partial charge in [-0.15, -0.1) is 0 Å². The van der Waals surface area contributed by atoms with Gasteiger partial charge in [-0.25, -0.2) is 0 Å². The van der Waals surface area contributed by atoms with Crippen LogP contribution in [-0.4, -0.2) is 19.1 Å². The van der Waals surface area contributed by atoms with Gasteiger partial charge in [0.1, 0.15) is 7.11 Å². The Balaban J connectivity index is 0. The molecule has 4 nitrogen and oxygen atoms in total. The van der Waals surface area contributed by atoms with Crippen LogP contribution in [0, 0.1) is 0 Å². The molecule has 0 aliphatic heterocycles. The van der Waals surface area contributed by atoms with E-state index in [0.29, 0.717) is 5.92 Å². The minimum absolute atomic E-state index is 0.111. The zero-order valence-electron chi connectivity index (χ0n) is 14.5. The lowest BCUT2D eigenvalue weighted by Crippen LogP contribution is -2.39. The first-order valence-corrected chi connectivity index (χ1v) is 7.39. The third-order valence-corrected chi connectivity index (χ3v) is 2.32. The van der Waals surface area contributed by atoms with E-state index in [4.69, 9.17) is 4.84 Å². The van der Waals surface area contributed by atoms with Gasteiger partial charge in [0.15, 0.2) is 0 Å². The molecule has 1 amide bonds. The van der Waals surface area contributed by atoms with E-state index in [0.717, 1.165) is 0 Å². The summed E-state index contributed by atoms with van der Waals surface area (Å²) in [6, 6.07) is 4.34. The van der Waals surface area contributed by atoms with Gasteiger partial charge in [-0.3, -0.25) is 9.63 Å². The van der Waals surface area contributed by atoms with Gasteiger partial charge in [0.25, 0.3) is 0 Å². The lowest BCUT2D eigenvalue weighted by molar-refractivity contribution is -0.885. The highest BCUT2D eigenvalue weighted by molar-refractivity contribution is 5.86. The maximum absolute atomic E-state index is 10.4. The number of pyridine rings is 1. The first-order valence-electron chi connectivity index (χ1n) is 7.39. The van der Waals surface area contributed by atoms with Crippen LogP contribution in [0.2, 0.25) is 0 Å². The highest BCUT2D eigenvalue weighted by Gasteiger charge is 2.01. The van der Waals surface area contributed by atoms with Gasteiger partial charge in [-0.1, -0.05) is 34.3 Å². The van der Waals surface area contributed by atoms with Crippen LogP contribution in [0.4, 0.5) is 0 Å². The summed E-state index contributed by atoms with van der Waals surface area (Å²) in [5.74, 6) is 0.474. The SMILES string of the molecule is C=CC(=O)NC(C)C.CC.CO[n+]1ccc(C(C)C)cc1. The van der Waals surface area contributed by atoms with Crippen LogP contribution < -0.4 is 14.9 Å². The summed E-state index contributed by atoms with van der Waals surface area (Å²) in [6.07, 6.45) is 5.09. The van der Waals surface area contributed by atoms with E-state index in [1.807, 2.05) is 40.1 Å². The molecule has 0 aromatic carbocycles. The van der Waals surface area contributed by atoms with Gasteiger partial charge in [0, 0.05) is 22.9 Å². The van der Waals surface area contributed by atoms with E-state index < -0.39 is 0 Å². The number of carbonyl (C=O) groups excluding carboxylic acids is 1. The van der Waals surface area contributed by atoms with E-state index in [2.05, 4.69) is 37.9 Å². The standard InChI is InChI=1S/C9H14NO.C6H11NO.C2H6/c1-8(2)9-4-6-10(11-3)7-5-9;1-4-6(8)7-5(2)3;1-2/h4-8H,1-3H3;4-5H,1H2,2-3H3,(H,7,8);1-2H3/q+1;;. The van der Waals surface area contributed by atoms with E-state index in [-0.39, 0.29) is 11.9 Å². The van der Waals surface area contributed by atoms with E-state index >= 15 is 0 Å². The molecule has 0 atom stereocenters. The van der Waals surface area contributed by atoms with Crippen LogP contribution in [0.3, 0.4) is 0 Å². The van der Waals surface area contributed by atoms with Crippen molar-refractivity contribution in [2.45, 2.75) is 53.5 Å². The Kier molecular flexibility index (Phi) is 13.4. The summed E-state index contributed by atoms with van der Waals surface area (Å²) in [5.41, 5.74) is 1.33. The van der Waals surface area contributed by atoms with Crippen molar-refractivity contribution in [1.82, 2.24) is 5.32 Å². The van der Waals surface area contributed by atoms with Gasteiger partial charge in [-0.05, 0) is 31.4 Å². The highest BCUT2D eigenvalue weighted by Crippen LogP contribution is 2.10. The monoisotopic (exact) mass is 295 g/mol. The molecule has 4 heteroatoms. The largest absolute Gasteiger partial charge is 0.350 e. The van der Waals surface area contributed by atoms with Crippen LogP contribution >= 0.6 is 0 Å². The molecule has 0 saturated heterocycles. The van der Waals surface area contributed by atoms with Gasteiger partial charge >= 0.3 is 0 Å². The molecular formula is C17H31N2O2+. The Labute approximate surface area is 129 Å². The fraction of sp³-hybridized carbons (Fsp3) is 0.529. The fourth-order valence-corrected chi connectivity index (χ4v) is 1.27. The average molecular weight is 295 g/mol. The second-order valence-corrected chi connectivity index (χ2v) is 4.70. The summed E-state index contributed by atoms with van der Waals surface area (Å²) >= 11 is 0. The topological polar surface area (TPSA) is 42.2 Å². The first kappa shape index (κ1) is 21.5. The number of rotatable bonds is 4. The van der Waals surface area contributed by atoms with Crippen LogP contribution in [0.15, 0.2) is 37.2 Å². The quantitative estimate of drug-likeness (QED) is 0.685. The third kappa shape index (κ3) is 11.7. The molecule has 0 unspecified atom stereocenters. The van der Waals surface area contributed by atoms with Gasteiger partial charge < -0.3 is 5.32 Å². The Bertz CT molecular complexity index is 384. The molecule has 1 rings (SSSR count). The Morgan fingerprint density at radius 1 is 1.24 bits per heavy atom. The van der Waals surface area contributed by atoms with Gasteiger partial charge in [0.2, 0.25) is 18.3 Å². The molecule has 1 heterocycles. The molecule has 0 bridgehead atoms. The maximum atomic E-state index is 10.4. The molecule has 1 aromatic heterocycles. The Hall–Kier alpha value is -1.84. The summed E-state index contributed by atoms with van der Waals surface area (Å²) in [6.45, 7) is 15.5. The minimum Gasteiger partial charge on any atom is -0.350 e. The van der Waals surface area contributed by atoms with E-state index in [1.54, 1.807) is 11.8 Å². The number of aromatic nitrogens is 1. The molecule has 1 N–H and O–H groups in total. The zero-order valence-corrected chi connectivity index (χ0v) is 14.5. The second kappa shape index (κ2) is 13.2. The fourth-order valence-electron chi connectivity index (χ4n) is 1.27. The molecule has 0 spiro atoms. The van der Waals surface area contributed by atoms with Crippen molar-refractivity contribution in [3.05, 3.63) is 42.7 Å². The van der Waals surface area contributed by atoms with Crippen LogP contribution in [0.25, 0.3) is 0 Å². The van der Waals surface area contributed by atoms with Gasteiger partial charge in [-0.2, -0.15) is 0 Å². The molecule has 0 aliphatic carbocycles. The van der Waals surface area contributed by atoms with Gasteiger partial charge in [0.05, 0.1) is 0 Å². The molecule has 0 saturated carbocycles. The summed E-state index contributed by atoms with van der Waals surface area (Å²) in [4.78, 5) is 15.4. The van der Waals surface area contributed by atoms with Crippen molar-refractivity contribution in [3.63, 3.8) is 0 Å². The molecular weight excluding hydrogens is 264 g/mol. The highest BCUT2D eigenvalue weighted by atomic mass is 16.6. The predicted octanol–water partition coefficient (Wildman–Crippen LogP) is 2.88.